The molecule has 6 rings (SSSR count). The van der Waals surface area contributed by atoms with Gasteiger partial charge in [0.1, 0.15) is 0 Å². The fourth-order valence-electron chi connectivity index (χ4n) is 6.80. The molecule has 5 heteroatoms. The van der Waals surface area contributed by atoms with Crippen molar-refractivity contribution in [3.63, 3.8) is 0 Å². The number of nitrogens with one attached hydrogen (secondary N) is 1. The van der Waals surface area contributed by atoms with Crippen molar-refractivity contribution in [3.8, 4) is 0 Å². The smallest absolute Gasteiger partial charge is 0.223 e. The van der Waals surface area contributed by atoms with Gasteiger partial charge in [-0.25, -0.2) is 0 Å². The lowest BCUT2D eigenvalue weighted by Gasteiger charge is -2.57. The van der Waals surface area contributed by atoms with Gasteiger partial charge in [-0.2, -0.15) is 0 Å². The standard InChI is InChI=1S/C21H29N3O.ClH/c25-20(12-21-9-15-6-16(10-21)8-17(7-15)11-21)24-5-4-23-14-19(24)18-2-1-3-22-13-18;/h1-3,13,15-17,19,23H,4-12,14H2;1H. The van der Waals surface area contributed by atoms with Crippen molar-refractivity contribution < 1.29 is 4.79 Å². The summed E-state index contributed by atoms with van der Waals surface area (Å²) in [5, 5.41) is 3.46. The monoisotopic (exact) mass is 375 g/mol. The molecule has 1 aromatic rings. The summed E-state index contributed by atoms with van der Waals surface area (Å²) in [6.07, 6.45) is 12.8. The van der Waals surface area contributed by atoms with E-state index in [9.17, 15) is 4.79 Å². The Kier molecular flexibility index (Phi) is 5.00. The minimum absolute atomic E-state index is 0. The second kappa shape index (κ2) is 7.12. The molecule has 1 aliphatic heterocycles. The highest BCUT2D eigenvalue weighted by Crippen LogP contribution is 2.61. The Hall–Kier alpha value is -1.13. The summed E-state index contributed by atoms with van der Waals surface area (Å²) in [6, 6.07) is 4.23. The van der Waals surface area contributed by atoms with E-state index in [1.165, 1.54) is 38.5 Å². The van der Waals surface area contributed by atoms with Crippen LogP contribution in [0.3, 0.4) is 0 Å². The van der Waals surface area contributed by atoms with Crippen molar-refractivity contribution in [2.24, 2.45) is 23.2 Å². The van der Waals surface area contributed by atoms with Gasteiger partial charge >= 0.3 is 0 Å². The molecule has 2 heterocycles. The van der Waals surface area contributed by atoms with Crippen molar-refractivity contribution >= 4 is 18.3 Å². The van der Waals surface area contributed by atoms with Crippen LogP contribution in [0.4, 0.5) is 0 Å². The average Bonchev–Trinajstić information content (AvgIpc) is 2.61. The first-order chi connectivity index (χ1) is 12.2. The van der Waals surface area contributed by atoms with Crippen LogP contribution in [0.15, 0.2) is 24.5 Å². The van der Waals surface area contributed by atoms with Crippen LogP contribution in [0.1, 0.15) is 56.6 Å². The van der Waals surface area contributed by atoms with Gasteiger partial charge in [-0.1, -0.05) is 6.07 Å². The van der Waals surface area contributed by atoms with Gasteiger partial charge in [-0.05, 0) is 73.3 Å². The number of rotatable bonds is 3. The zero-order chi connectivity index (χ0) is 16.9. The van der Waals surface area contributed by atoms with Gasteiger partial charge in [0.05, 0.1) is 6.04 Å². The number of carbonyl (C=O) groups is 1. The highest BCUT2D eigenvalue weighted by Gasteiger charge is 2.52. The molecule has 0 spiro atoms. The minimum Gasteiger partial charge on any atom is -0.333 e. The molecule has 5 fully saturated rings. The molecule has 4 aliphatic carbocycles. The Bertz CT molecular complexity index is 615. The average molecular weight is 376 g/mol. The lowest BCUT2D eigenvalue weighted by atomic mass is 9.49. The summed E-state index contributed by atoms with van der Waals surface area (Å²) >= 11 is 0. The summed E-state index contributed by atoms with van der Waals surface area (Å²) in [6.45, 7) is 2.58. The lowest BCUT2D eigenvalue weighted by Crippen LogP contribution is -2.52. The molecule has 1 N–H and O–H groups in total. The first-order valence-corrected chi connectivity index (χ1v) is 10.1. The Balaban J connectivity index is 0.00000168. The highest BCUT2D eigenvalue weighted by atomic mass is 35.5. The number of hydrogen-bond acceptors (Lipinski definition) is 3. The maximum Gasteiger partial charge on any atom is 0.223 e. The maximum absolute atomic E-state index is 13.3. The molecule has 5 aliphatic rings. The van der Waals surface area contributed by atoms with Crippen LogP contribution in [-0.2, 0) is 4.79 Å². The fourth-order valence-corrected chi connectivity index (χ4v) is 6.80. The van der Waals surface area contributed by atoms with Crippen molar-refractivity contribution in [3.05, 3.63) is 30.1 Å². The van der Waals surface area contributed by atoms with E-state index < -0.39 is 0 Å². The van der Waals surface area contributed by atoms with Crippen LogP contribution in [-0.4, -0.2) is 35.4 Å². The van der Waals surface area contributed by atoms with Crippen LogP contribution < -0.4 is 5.32 Å². The number of nitrogens with zero attached hydrogens (tertiary/aromatic N) is 2. The Labute approximate surface area is 162 Å². The Morgan fingerprint density at radius 3 is 2.50 bits per heavy atom. The molecule has 0 radical (unpaired) electrons. The molecule has 0 aromatic carbocycles. The van der Waals surface area contributed by atoms with Gasteiger partial charge < -0.3 is 10.2 Å². The van der Waals surface area contributed by atoms with E-state index in [1.807, 2.05) is 12.3 Å². The molecule has 26 heavy (non-hydrogen) atoms. The van der Waals surface area contributed by atoms with Gasteiger partial charge in [0.25, 0.3) is 0 Å². The maximum atomic E-state index is 13.3. The van der Waals surface area contributed by atoms with Crippen LogP contribution in [0.2, 0.25) is 0 Å². The highest BCUT2D eigenvalue weighted by molar-refractivity contribution is 5.85. The summed E-state index contributed by atoms with van der Waals surface area (Å²) < 4.78 is 0. The largest absolute Gasteiger partial charge is 0.333 e. The second-order valence-electron chi connectivity index (χ2n) is 9.19. The third-order valence-electron chi connectivity index (χ3n) is 7.32. The normalized spacial score (nSPS) is 38.1. The molecule has 1 saturated heterocycles. The van der Waals surface area contributed by atoms with Crippen molar-refractivity contribution in [1.29, 1.82) is 0 Å². The van der Waals surface area contributed by atoms with E-state index in [1.54, 1.807) is 6.20 Å². The third kappa shape index (κ3) is 3.27. The molecule has 142 valence electrons. The number of halogens is 1. The zero-order valence-corrected chi connectivity index (χ0v) is 16.2. The van der Waals surface area contributed by atoms with E-state index >= 15 is 0 Å². The van der Waals surface area contributed by atoms with Crippen molar-refractivity contribution in [2.75, 3.05) is 19.6 Å². The van der Waals surface area contributed by atoms with Gasteiger partial charge in [-0.3, -0.25) is 9.78 Å². The van der Waals surface area contributed by atoms with Crippen LogP contribution in [0, 0.1) is 23.2 Å². The Morgan fingerprint density at radius 1 is 1.19 bits per heavy atom. The van der Waals surface area contributed by atoms with Crippen LogP contribution >= 0.6 is 12.4 Å². The lowest BCUT2D eigenvalue weighted by molar-refractivity contribution is -0.142. The zero-order valence-electron chi connectivity index (χ0n) is 15.4. The second-order valence-corrected chi connectivity index (χ2v) is 9.19. The van der Waals surface area contributed by atoms with E-state index in [0.29, 0.717) is 11.3 Å². The van der Waals surface area contributed by atoms with Gasteiger partial charge in [-0.15, -0.1) is 12.4 Å². The predicted octanol–water partition coefficient (Wildman–Crippen LogP) is 3.58. The van der Waals surface area contributed by atoms with Crippen molar-refractivity contribution in [1.82, 2.24) is 15.2 Å². The van der Waals surface area contributed by atoms with Crippen LogP contribution in [0.5, 0.6) is 0 Å². The number of hydrogen-bond donors (Lipinski definition) is 1. The number of pyridine rings is 1. The van der Waals surface area contributed by atoms with Crippen LogP contribution in [0.25, 0.3) is 0 Å². The molecular formula is C21H30ClN3O. The minimum atomic E-state index is 0. The molecule has 1 amide bonds. The molecule has 4 saturated carbocycles. The summed E-state index contributed by atoms with van der Waals surface area (Å²) in [7, 11) is 0. The predicted molar refractivity (Wildman–Crippen MR) is 104 cm³/mol. The summed E-state index contributed by atoms with van der Waals surface area (Å²) in [5.74, 6) is 3.13. The summed E-state index contributed by atoms with van der Waals surface area (Å²) in [4.78, 5) is 19.8. The molecule has 4 nitrogen and oxygen atoms in total. The van der Waals surface area contributed by atoms with E-state index in [0.717, 1.165) is 49.4 Å². The molecule has 1 atom stereocenters. The first-order valence-electron chi connectivity index (χ1n) is 10.1. The molecule has 1 unspecified atom stereocenters. The van der Waals surface area contributed by atoms with Crippen molar-refractivity contribution in [2.45, 2.75) is 51.0 Å². The van der Waals surface area contributed by atoms with Gasteiger partial charge in [0.15, 0.2) is 0 Å². The summed E-state index contributed by atoms with van der Waals surface area (Å²) in [5.41, 5.74) is 1.49. The van der Waals surface area contributed by atoms with E-state index in [2.05, 4.69) is 21.3 Å². The van der Waals surface area contributed by atoms with Gasteiger partial charge in [0.2, 0.25) is 5.91 Å². The fraction of sp³-hybridized carbons (Fsp3) is 0.714. The number of carbonyl (C=O) groups excluding carboxylic acids is 1. The van der Waals surface area contributed by atoms with E-state index in [4.69, 9.17) is 0 Å². The Morgan fingerprint density at radius 2 is 1.88 bits per heavy atom. The quantitative estimate of drug-likeness (QED) is 0.878. The number of piperazine rings is 1. The first kappa shape index (κ1) is 18.2. The molecule has 4 bridgehead atoms. The topological polar surface area (TPSA) is 45.2 Å². The van der Waals surface area contributed by atoms with E-state index in [-0.39, 0.29) is 18.4 Å². The SMILES string of the molecule is Cl.O=C(CC12CC3CC(CC(C3)C1)C2)N1CCNCC1c1cccnc1. The number of amides is 1. The molecule has 1 aromatic heterocycles. The third-order valence-corrected chi connectivity index (χ3v) is 7.32. The van der Waals surface area contributed by atoms with Gasteiger partial charge in [0, 0.05) is 38.4 Å². The molecular weight excluding hydrogens is 346 g/mol. The number of aromatic nitrogens is 1.